The lowest BCUT2D eigenvalue weighted by atomic mass is 10.0. The van der Waals surface area contributed by atoms with Crippen molar-refractivity contribution < 1.29 is 18.4 Å². The van der Waals surface area contributed by atoms with Crippen LogP contribution in [0.5, 0.6) is 0 Å². The zero-order valence-corrected chi connectivity index (χ0v) is 22.7. The minimum Gasteiger partial charge on any atom is -0.373 e. The molecule has 38 heavy (non-hydrogen) atoms. The average molecular weight is 572 g/mol. The van der Waals surface area contributed by atoms with E-state index in [4.69, 9.17) is 32.5 Å². The van der Waals surface area contributed by atoms with Gasteiger partial charge in [-0.1, -0.05) is 45.8 Å². The van der Waals surface area contributed by atoms with E-state index < -0.39 is 5.82 Å². The maximum atomic E-state index is 14.4. The van der Waals surface area contributed by atoms with Gasteiger partial charge in [-0.05, 0) is 61.8 Å². The first kappa shape index (κ1) is 24.5. The van der Waals surface area contributed by atoms with Crippen LogP contribution in [-0.2, 0) is 11.3 Å². The van der Waals surface area contributed by atoms with Crippen molar-refractivity contribution in [3.05, 3.63) is 63.1 Å². The fourth-order valence-electron chi connectivity index (χ4n) is 5.99. The van der Waals surface area contributed by atoms with Gasteiger partial charge >= 0.3 is 0 Å². The van der Waals surface area contributed by atoms with Crippen LogP contribution in [0.1, 0.15) is 53.3 Å². The smallest absolute Gasteiger partial charge is 0.186 e. The molecular formula is C28H24Cl2FN3O3S. The fourth-order valence-corrected chi connectivity index (χ4v) is 7.61. The summed E-state index contributed by atoms with van der Waals surface area (Å²) in [6.07, 6.45) is 4.92. The number of aldehydes is 1. The molecule has 2 atom stereocenters. The molecule has 3 fully saturated rings. The maximum absolute atomic E-state index is 14.4. The van der Waals surface area contributed by atoms with Crippen molar-refractivity contribution in [2.75, 3.05) is 18.0 Å². The van der Waals surface area contributed by atoms with Crippen LogP contribution in [0.15, 0.2) is 34.9 Å². The van der Waals surface area contributed by atoms with E-state index in [-0.39, 0.29) is 6.10 Å². The highest BCUT2D eigenvalue weighted by atomic mass is 35.5. The molecule has 2 aliphatic carbocycles. The number of carbonyl (C=O) groups is 1. The number of thiazole rings is 1. The van der Waals surface area contributed by atoms with Crippen LogP contribution in [0.25, 0.3) is 21.5 Å². The van der Waals surface area contributed by atoms with Crippen molar-refractivity contribution in [2.45, 2.75) is 44.3 Å². The monoisotopic (exact) mass is 571 g/mol. The number of anilines is 1. The lowest BCUT2D eigenvalue weighted by Crippen LogP contribution is -2.23. The van der Waals surface area contributed by atoms with E-state index in [9.17, 15) is 9.18 Å². The quantitative estimate of drug-likeness (QED) is 0.214. The molecule has 2 unspecified atom stereocenters. The average Bonchev–Trinajstić information content (AvgIpc) is 3.19. The van der Waals surface area contributed by atoms with Crippen LogP contribution in [-0.4, -0.2) is 35.6 Å². The summed E-state index contributed by atoms with van der Waals surface area (Å²) in [7, 11) is 0. The zero-order chi connectivity index (χ0) is 26.0. The lowest BCUT2D eigenvalue weighted by molar-refractivity contribution is 0.0403. The third kappa shape index (κ3) is 4.31. The van der Waals surface area contributed by atoms with Gasteiger partial charge in [-0.3, -0.25) is 4.79 Å². The Labute approximate surface area is 232 Å². The Morgan fingerprint density at radius 2 is 1.89 bits per heavy atom. The van der Waals surface area contributed by atoms with E-state index in [1.807, 2.05) is 18.2 Å². The molecule has 0 bridgehead atoms. The highest BCUT2D eigenvalue weighted by Gasteiger charge is 2.43. The van der Waals surface area contributed by atoms with Crippen LogP contribution in [0.2, 0.25) is 10.0 Å². The molecule has 1 aliphatic heterocycles. The first-order valence-corrected chi connectivity index (χ1v) is 14.4. The number of hydrogen-bond donors (Lipinski definition) is 0. The second-order valence-electron chi connectivity index (χ2n) is 10.5. The molecule has 10 heteroatoms. The van der Waals surface area contributed by atoms with Crippen molar-refractivity contribution in [3.8, 4) is 11.3 Å². The number of benzene rings is 2. The largest absolute Gasteiger partial charge is 0.373 e. The summed E-state index contributed by atoms with van der Waals surface area (Å²) in [5.41, 5.74) is 2.99. The summed E-state index contributed by atoms with van der Waals surface area (Å²) in [6, 6.07) is 8.39. The van der Waals surface area contributed by atoms with Gasteiger partial charge < -0.3 is 14.2 Å². The number of halogens is 3. The van der Waals surface area contributed by atoms with Crippen LogP contribution in [0.3, 0.4) is 0 Å². The Morgan fingerprint density at radius 1 is 1.16 bits per heavy atom. The zero-order valence-electron chi connectivity index (χ0n) is 20.3. The molecule has 2 aromatic heterocycles. The summed E-state index contributed by atoms with van der Waals surface area (Å²) in [6.45, 7) is 2.15. The topological polar surface area (TPSA) is 68.5 Å². The molecule has 4 aromatic rings. The molecule has 0 radical (unpaired) electrons. The molecule has 6 nitrogen and oxygen atoms in total. The van der Waals surface area contributed by atoms with E-state index in [2.05, 4.69) is 15.0 Å². The first-order valence-electron chi connectivity index (χ1n) is 12.8. The van der Waals surface area contributed by atoms with Crippen molar-refractivity contribution in [2.24, 2.45) is 11.8 Å². The highest BCUT2D eigenvalue weighted by Crippen LogP contribution is 2.47. The Morgan fingerprint density at radius 3 is 2.58 bits per heavy atom. The first-order chi connectivity index (χ1) is 18.5. The Balaban J connectivity index is 1.04. The van der Waals surface area contributed by atoms with Crippen molar-refractivity contribution >= 4 is 56.2 Å². The number of hydrogen-bond acceptors (Lipinski definition) is 7. The molecule has 0 amide bonds. The van der Waals surface area contributed by atoms with E-state index in [1.54, 1.807) is 6.07 Å². The van der Waals surface area contributed by atoms with E-state index >= 15 is 0 Å². The number of carbonyl (C=O) groups excluding carboxylic acids is 1. The molecule has 2 aromatic carbocycles. The predicted octanol–water partition coefficient (Wildman–Crippen LogP) is 7.52. The van der Waals surface area contributed by atoms with Gasteiger partial charge in [-0.15, -0.1) is 0 Å². The normalized spacial score (nSPS) is 22.9. The van der Waals surface area contributed by atoms with Gasteiger partial charge in [-0.25, -0.2) is 9.37 Å². The van der Waals surface area contributed by atoms with Crippen molar-refractivity contribution in [1.29, 1.82) is 0 Å². The lowest BCUT2D eigenvalue weighted by Gasteiger charge is -2.19. The second kappa shape index (κ2) is 9.59. The second-order valence-corrected chi connectivity index (χ2v) is 12.4. The fraction of sp³-hybridized carbons (Fsp3) is 0.393. The maximum Gasteiger partial charge on any atom is 0.186 e. The van der Waals surface area contributed by atoms with Crippen molar-refractivity contribution in [1.82, 2.24) is 10.1 Å². The minimum atomic E-state index is -0.447. The van der Waals surface area contributed by atoms with E-state index in [0.29, 0.717) is 67.7 Å². The number of aromatic nitrogens is 2. The molecular weight excluding hydrogens is 548 g/mol. The van der Waals surface area contributed by atoms with Gasteiger partial charge in [0.1, 0.15) is 23.3 Å². The summed E-state index contributed by atoms with van der Waals surface area (Å²) >= 11 is 14.4. The minimum absolute atomic E-state index is 0.145. The molecule has 2 saturated carbocycles. The van der Waals surface area contributed by atoms with Gasteiger partial charge in [0.25, 0.3) is 0 Å². The van der Waals surface area contributed by atoms with E-state index in [1.165, 1.54) is 17.4 Å². The third-order valence-electron chi connectivity index (χ3n) is 8.00. The van der Waals surface area contributed by atoms with Gasteiger partial charge in [0, 0.05) is 35.7 Å². The Bertz CT molecular complexity index is 1520. The highest BCUT2D eigenvalue weighted by molar-refractivity contribution is 7.22. The summed E-state index contributed by atoms with van der Waals surface area (Å²) < 4.78 is 27.4. The number of nitrogens with zero attached hydrogens (tertiary/aromatic N) is 3. The van der Waals surface area contributed by atoms with Gasteiger partial charge in [0.05, 0.1) is 27.5 Å². The van der Waals surface area contributed by atoms with Gasteiger partial charge in [0.15, 0.2) is 10.9 Å². The van der Waals surface area contributed by atoms with Crippen molar-refractivity contribution in [3.63, 3.8) is 0 Å². The number of ether oxygens (including phenoxy) is 1. The van der Waals surface area contributed by atoms with Crippen LogP contribution >= 0.6 is 34.5 Å². The van der Waals surface area contributed by atoms with E-state index in [0.717, 1.165) is 55.2 Å². The van der Waals surface area contributed by atoms with Gasteiger partial charge in [-0.2, -0.15) is 0 Å². The number of rotatable bonds is 7. The SMILES string of the molecule is O=Cc1cc(F)c2nc(N3CC4CC(OCc5c(-c6c(Cl)cccc6Cl)noc5C5CC5)CC4C3)sc2c1. The number of fused-ring (bicyclic) bond motifs is 2. The Hall–Kier alpha value is -2.52. The summed E-state index contributed by atoms with van der Waals surface area (Å²) in [5.74, 6) is 1.81. The standard InChI is InChI=1S/C28H24Cl2FN3O3S/c29-20-2-1-3-21(30)24(20)25-19(27(37-33-25)15-4-5-15)13-36-18-8-16-10-34(11-17(16)9-18)28-32-26-22(31)6-14(12-35)7-23(26)38-28/h1-3,6-7,12,15-18H,4-5,8-11,13H2. The molecule has 0 N–H and O–H groups in total. The molecule has 0 spiro atoms. The predicted molar refractivity (Wildman–Crippen MR) is 146 cm³/mol. The Kier molecular flexibility index (Phi) is 6.19. The molecule has 196 valence electrons. The molecule has 3 aliphatic rings. The van der Waals surface area contributed by atoms with Gasteiger partial charge in [0.2, 0.25) is 0 Å². The molecule has 3 heterocycles. The molecule has 7 rings (SSSR count). The van der Waals surface area contributed by atoms with Crippen LogP contribution in [0, 0.1) is 17.7 Å². The summed E-state index contributed by atoms with van der Waals surface area (Å²) in [5, 5.41) is 6.27. The third-order valence-corrected chi connectivity index (χ3v) is 9.70. The van der Waals surface area contributed by atoms with Crippen LogP contribution in [0.4, 0.5) is 9.52 Å². The van der Waals surface area contributed by atoms with Crippen LogP contribution < -0.4 is 4.90 Å². The molecule has 1 saturated heterocycles. The summed E-state index contributed by atoms with van der Waals surface area (Å²) in [4.78, 5) is 17.9.